The number of hydrogen-bond acceptors (Lipinski definition) is 3. The zero-order valence-corrected chi connectivity index (χ0v) is 13.6. The third-order valence-electron chi connectivity index (χ3n) is 3.82. The summed E-state index contributed by atoms with van der Waals surface area (Å²) in [4.78, 5) is 29.4. The fourth-order valence-corrected chi connectivity index (χ4v) is 2.55. The Kier molecular flexibility index (Phi) is 4.31. The van der Waals surface area contributed by atoms with Crippen molar-refractivity contribution in [3.8, 4) is 0 Å². The highest BCUT2D eigenvalue weighted by molar-refractivity contribution is 6.05. The average Bonchev–Trinajstić information content (AvgIpc) is 2.58. The van der Waals surface area contributed by atoms with Crippen LogP contribution in [0.4, 0.5) is 14.5 Å². The van der Waals surface area contributed by atoms with Crippen molar-refractivity contribution >= 4 is 22.6 Å². The minimum atomic E-state index is -0.806. The number of carbonyl (C=O) groups is 1. The number of pyridine rings is 2. The molecular formula is C18H15F2N3O2. The van der Waals surface area contributed by atoms with Crippen molar-refractivity contribution in [3.05, 3.63) is 69.6 Å². The summed E-state index contributed by atoms with van der Waals surface area (Å²) in [7, 11) is 0. The molecule has 1 N–H and O–H groups in total. The van der Waals surface area contributed by atoms with Crippen LogP contribution in [0.5, 0.6) is 0 Å². The summed E-state index contributed by atoms with van der Waals surface area (Å²) in [5.74, 6) is -2.29. The van der Waals surface area contributed by atoms with Gasteiger partial charge in [-0.15, -0.1) is 0 Å². The summed E-state index contributed by atoms with van der Waals surface area (Å²) < 4.78 is 28.6. The Labute approximate surface area is 141 Å². The lowest BCUT2D eigenvalue weighted by Gasteiger charge is -2.12. The van der Waals surface area contributed by atoms with Crippen molar-refractivity contribution in [2.75, 3.05) is 5.32 Å². The molecule has 0 bridgehead atoms. The van der Waals surface area contributed by atoms with Crippen LogP contribution in [-0.2, 0) is 6.54 Å². The molecule has 128 valence electrons. The molecular weight excluding hydrogens is 328 g/mol. The second-order valence-corrected chi connectivity index (χ2v) is 5.56. The number of amides is 1. The number of halogens is 2. The van der Waals surface area contributed by atoms with E-state index in [0.29, 0.717) is 17.6 Å². The van der Waals surface area contributed by atoms with Crippen LogP contribution in [-0.4, -0.2) is 15.5 Å². The second kappa shape index (κ2) is 6.43. The van der Waals surface area contributed by atoms with Crippen LogP contribution < -0.4 is 10.7 Å². The Balaban J connectivity index is 2.10. The predicted molar refractivity (Wildman–Crippen MR) is 90.7 cm³/mol. The van der Waals surface area contributed by atoms with E-state index in [2.05, 4.69) is 10.3 Å². The molecule has 2 aromatic heterocycles. The number of aromatic nitrogens is 2. The van der Waals surface area contributed by atoms with E-state index in [0.717, 1.165) is 23.9 Å². The molecule has 0 atom stereocenters. The summed E-state index contributed by atoms with van der Waals surface area (Å²) in [6.45, 7) is 4.14. The van der Waals surface area contributed by atoms with E-state index in [1.165, 1.54) is 6.20 Å². The van der Waals surface area contributed by atoms with E-state index in [1.807, 2.05) is 6.92 Å². The molecule has 1 amide bonds. The smallest absolute Gasteiger partial charge is 0.261 e. The van der Waals surface area contributed by atoms with Crippen molar-refractivity contribution < 1.29 is 13.6 Å². The van der Waals surface area contributed by atoms with E-state index in [1.54, 1.807) is 23.6 Å². The van der Waals surface area contributed by atoms with E-state index < -0.39 is 23.0 Å². The number of rotatable bonds is 3. The SMILES string of the molecule is CCn1cc(C(=O)Nc2cc(F)ccc2F)c(=O)c2ccc(C)nc21. The van der Waals surface area contributed by atoms with Crippen LogP contribution >= 0.6 is 0 Å². The van der Waals surface area contributed by atoms with Gasteiger partial charge < -0.3 is 9.88 Å². The zero-order chi connectivity index (χ0) is 18.1. The number of hydrogen-bond donors (Lipinski definition) is 1. The lowest BCUT2D eigenvalue weighted by atomic mass is 10.1. The molecule has 0 fully saturated rings. The minimum absolute atomic E-state index is 0.163. The first-order valence-electron chi connectivity index (χ1n) is 7.68. The summed E-state index contributed by atoms with van der Waals surface area (Å²) in [6, 6.07) is 5.99. The van der Waals surface area contributed by atoms with Gasteiger partial charge in [0.25, 0.3) is 5.91 Å². The van der Waals surface area contributed by atoms with E-state index in [-0.39, 0.29) is 11.3 Å². The first-order valence-corrected chi connectivity index (χ1v) is 7.68. The van der Waals surface area contributed by atoms with Crippen molar-refractivity contribution in [2.24, 2.45) is 0 Å². The molecule has 0 aliphatic rings. The molecule has 1 aromatic carbocycles. The highest BCUT2D eigenvalue weighted by Gasteiger charge is 2.17. The second-order valence-electron chi connectivity index (χ2n) is 5.56. The molecule has 0 aliphatic heterocycles. The van der Waals surface area contributed by atoms with Gasteiger partial charge in [0.2, 0.25) is 5.43 Å². The molecule has 0 aliphatic carbocycles. The van der Waals surface area contributed by atoms with Gasteiger partial charge in [-0.05, 0) is 38.1 Å². The summed E-state index contributed by atoms with van der Waals surface area (Å²) >= 11 is 0. The van der Waals surface area contributed by atoms with Crippen LogP contribution in [0.2, 0.25) is 0 Å². The summed E-state index contributed by atoms with van der Waals surface area (Å²) in [5, 5.41) is 2.54. The lowest BCUT2D eigenvalue weighted by Crippen LogP contribution is -2.24. The molecule has 0 unspecified atom stereocenters. The Morgan fingerprint density at radius 2 is 2.00 bits per heavy atom. The van der Waals surface area contributed by atoms with Gasteiger partial charge >= 0.3 is 0 Å². The van der Waals surface area contributed by atoms with Crippen molar-refractivity contribution in [3.63, 3.8) is 0 Å². The van der Waals surface area contributed by atoms with Crippen LogP contribution in [0.1, 0.15) is 23.0 Å². The van der Waals surface area contributed by atoms with E-state index in [9.17, 15) is 18.4 Å². The van der Waals surface area contributed by atoms with Crippen molar-refractivity contribution in [2.45, 2.75) is 20.4 Å². The van der Waals surface area contributed by atoms with Crippen LogP contribution in [0.15, 0.2) is 41.3 Å². The van der Waals surface area contributed by atoms with Crippen LogP contribution in [0.3, 0.4) is 0 Å². The number of anilines is 1. The number of carbonyl (C=O) groups excluding carboxylic acids is 1. The fourth-order valence-electron chi connectivity index (χ4n) is 2.55. The van der Waals surface area contributed by atoms with E-state index >= 15 is 0 Å². The van der Waals surface area contributed by atoms with E-state index in [4.69, 9.17) is 0 Å². The highest BCUT2D eigenvalue weighted by Crippen LogP contribution is 2.17. The zero-order valence-electron chi connectivity index (χ0n) is 13.6. The summed E-state index contributed by atoms with van der Waals surface area (Å²) in [6.07, 6.45) is 1.38. The number of fused-ring (bicyclic) bond motifs is 1. The third-order valence-corrected chi connectivity index (χ3v) is 3.82. The largest absolute Gasteiger partial charge is 0.332 e. The molecule has 0 saturated heterocycles. The Hall–Kier alpha value is -3.09. The maximum Gasteiger partial charge on any atom is 0.261 e. The Bertz CT molecular complexity index is 1040. The van der Waals surface area contributed by atoms with Gasteiger partial charge in [0.1, 0.15) is 22.8 Å². The van der Waals surface area contributed by atoms with Crippen molar-refractivity contribution in [1.29, 1.82) is 0 Å². The molecule has 0 saturated carbocycles. The number of nitrogens with zero attached hydrogens (tertiary/aromatic N) is 2. The molecule has 3 rings (SSSR count). The molecule has 0 radical (unpaired) electrons. The molecule has 2 heterocycles. The lowest BCUT2D eigenvalue weighted by molar-refractivity contribution is 0.102. The first-order chi connectivity index (χ1) is 11.9. The molecule has 3 aromatic rings. The average molecular weight is 343 g/mol. The number of nitrogens with one attached hydrogen (secondary N) is 1. The van der Waals surface area contributed by atoms with Gasteiger partial charge in [-0.1, -0.05) is 0 Å². The monoisotopic (exact) mass is 343 g/mol. The number of benzene rings is 1. The maximum absolute atomic E-state index is 13.7. The fraction of sp³-hybridized carbons (Fsp3) is 0.167. The van der Waals surface area contributed by atoms with Gasteiger partial charge in [0, 0.05) is 24.5 Å². The molecule has 0 spiro atoms. The van der Waals surface area contributed by atoms with Gasteiger partial charge in [-0.2, -0.15) is 0 Å². The van der Waals surface area contributed by atoms with Gasteiger partial charge in [0.05, 0.1) is 11.1 Å². The quantitative estimate of drug-likeness (QED) is 0.794. The van der Waals surface area contributed by atoms with Crippen LogP contribution in [0.25, 0.3) is 11.0 Å². The van der Waals surface area contributed by atoms with Gasteiger partial charge in [-0.25, -0.2) is 13.8 Å². The molecule has 5 nitrogen and oxygen atoms in total. The normalized spacial score (nSPS) is 10.9. The standard InChI is InChI=1S/C18H15F2N3O2/c1-3-23-9-13(16(24)12-6-4-10(2)21-17(12)23)18(25)22-15-8-11(19)5-7-14(15)20/h4-9H,3H2,1-2H3,(H,22,25). The maximum atomic E-state index is 13.7. The minimum Gasteiger partial charge on any atom is -0.332 e. The first kappa shape index (κ1) is 16.8. The van der Waals surface area contributed by atoms with Crippen LogP contribution in [0, 0.1) is 18.6 Å². The molecule has 25 heavy (non-hydrogen) atoms. The Morgan fingerprint density at radius 1 is 1.24 bits per heavy atom. The summed E-state index contributed by atoms with van der Waals surface area (Å²) in [5.41, 5.74) is 0.217. The van der Waals surface area contributed by atoms with Gasteiger partial charge in [0.15, 0.2) is 0 Å². The third kappa shape index (κ3) is 3.13. The van der Waals surface area contributed by atoms with Crippen molar-refractivity contribution in [1.82, 2.24) is 9.55 Å². The predicted octanol–water partition coefficient (Wildman–Crippen LogP) is 3.26. The highest BCUT2D eigenvalue weighted by atomic mass is 19.1. The van der Waals surface area contributed by atoms with Gasteiger partial charge in [-0.3, -0.25) is 9.59 Å². The molecule has 7 heteroatoms. The number of aryl methyl sites for hydroxylation is 2. The Morgan fingerprint density at radius 3 is 2.72 bits per heavy atom. The topological polar surface area (TPSA) is 64.0 Å².